The third-order valence-corrected chi connectivity index (χ3v) is 3.05. The summed E-state index contributed by atoms with van der Waals surface area (Å²) in [7, 11) is 1.89. The van der Waals surface area contributed by atoms with Crippen LogP contribution < -0.4 is 5.32 Å². The summed E-state index contributed by atoms with van der Waals surface area (Å²) in [5.41, 5.74) is 1.02. The highest BCUT2D eigenvalue weighted by molar-refractivity contribution is 7.98. The van der Waals surface area contributed by atoms with Crippen LogP contribution in [-0.4, -0.2) is 30.1 Å². The summed E-state index contributed by atoms with van der Waals surface area (Å²) in [6.07, 6.45) is 2.02. The molecule has 0 radical (unpaired) electrons. The summed E-state index contributed by atoms with van der Waals surface area (Å²) in [4.78, 5) is 0. The topological polar surface area (TPSA) is 52.5 Å². The second-order valence-corrected chi connectivity index (χ2v) is 4.07. The van der Waals surface area contributed by atoms with Crippen molar-refractivity contribution in [1.29, 1.82) is 0 Å². The molecule has 0 amide bonds. The Labute approximate surface area is 100 Å². The number of nitrogens with one attached hydrogen (secondary N) is 1. The van der Waals surface area contributed by atoms with Gasteiger partial charge in [-0.2, -0.15) is 11.8 Å². The predicted octanol–water partition coefficient (Wildman–Crippen LogP) is 2.14. The van der Waals surface area contributed by atoms with Gasteiger partial charge in [0.1, 0.15) is 0 Å². The number of phenols is 2. The van der Waals surface area contributed by atoms with Gasteiger partial charge in [-0.05, 0) is 31.0 Å². The van der Waals surface area contributed by atoms with E-state index in [1.807, 2.05) is 19.4 Å². The zero-order valence-electron chi connectivity index (χ0n) is 8.73. The number of rotatable bonds is 4. The van der Waals surface area contributed by atoms with E-state index < -0.39 is 0 Å². The molecule has 0 saturated carbocycles. The summed E-state index contributed by atoms with van der Waals surface area (Å²) < 4.78 is 0. The fourth-order valence-electron chi connectivity index (χ4n) is 1.26. The molecule has 1 aromatic rings. The maximum Gasteiger partial charge on any atom is 0.157 e. The van der Waals surface area contributed by atoms with E-state index in [9.17, 15) is 5.11 Å². The van der Waals surface area contributed by atoms with Crippen molar-refractivity contribution in [2.45, 2.75) is 5.25 Å². The fourth-order valence-corrected chi connectivity index (χ4v) is 2.02. The second-order valence-electron chi connectivity index (χ2n) is 3.03. The lowest BCUT2D eigenvalue weighted by Gasteiger charge is -2.14. The molecule has 3 nitrogen and oxygen atoms in total. The Morgan fingerprint density at radius 3 is 2.47 bits per heavy atom. The molecule has 0 saturated heterocycles. The normalized spacial score (nSPS) is 11.9. The first-order valence-corrected chi connectivity index (χ1v) is 5.67. The smallest absolute Gasteiger partial charge is 0.157 e. The zero-order valence-corrected chi connectivity index (χ0v) is 10.4. The molecule has 5 heteroatoms. The maximum atomic E-state index is 9.33. The fraction of sp³-hybridized carbons (Fsp3) is 0.400. The van der Waals surface area contributed by atoms with Gasteiger partial charge in [-0.15, -0.1) is 12.4 Å². The Bertz CT molecular complexity index is 309. The van der Waals surface area contributed by atoms with Crippen LogP contribution in [0, 0.1) is 0 Å². The Morgan fingerprint density at radius 1 is 1.33 bits per heavy atom. The Kier molecular flexibility index (Phi) is 6.56. The summed E-state index contributed by atoms with van der Waals surface area (Å²) in [5, 5.41) is 21.9. The average Bonchev–Trinajstić information content (AvgIpc) is 2.19. The summed E-state index contributed by atoms with van der Waals surface area (Å²) in [6.45, 7) is 0.839. The molecule has 0 heterocycles. The van der Waals surface area contributed by atoms with E-state index in [1.54, 1.807) is 17.8 Å². The van der Waals surface area contributed by atoms with E-state index in [2.05, 4.69) is 5.32 Å². The second kappa shape index (κ2) is 6.82. The van der Waals surface area contributed by atoms with Gasteiger partial charge in [-0.25, -0.2) is 0 Å². The van der Waals surface area contributed by atoms with Crippen LogP contribution in [0.4, 0.5) is 0 Å². The summed E-state index contributed by atoms with van der Waals surface area (Å²) in [6, 6.07) is 4.95. The largest absolute Gasteiger partial charge is 0.504 e. The minimum atomic E-state index is -0.0712. The molecule has 0 spiro atoms. The van der Waals surface area contributed by atoms with Gasteiger partial charge in [0, 0.05) is 11.8 Å². The lowest BCUT2D eigenvalue weighted by atomic mass is 10.1. The maximum absolute atomic E-state index is 9.33. The molecule has 86 valence electrons. The number of aromatic hydroxyl groups is 2. The highest BCUT2D eigenvalue weighted by Crippen LogP contribution is 2.32. The summed E-state index contributed by atoms with van der Waals surface area (Å²) >= 11 is 1.71. The lowest BCUT2D eigenvalue weighted by Crippen LogP contribution is -2.14. The van der Waals surface area contributed by atoms with E-state index in [0.29, 0.717) is 5.25 Å². The molecule has 0 fully saturated rings. The number of hydrogen-bond donors (Lipinski definition) is 3. The number of thioether (sulfide) groups is 1. The Balaban J connectivity index is 0.00000196. The highest BCUT2D eigenvalue weighted by Gasteiger charge is 2.10. The third kappa shape index (κ3) is 3.81. The highest BCUT2D eigenvalue weighted by atomic mass is 35.5. The zero-order chi connectivity index (χ0) is 10.6. The molecule has 1 atom stereocenters. The van der Waals surface area contributed by atoms with Crippen LogP contribution in [0.25, 0.3) is 0 Å². The van der Waals surface area contributed by atoms with Gasteiger partial charge in [0.2, 0.25) is 0 Å². The molecule has 0 aliphatic heterocycles. The van der Waals surface area contributed by atoms with Gasteiger partial charge in [0.05, 0.1) is 0 Å². The first-order chi connectivity index (χ1) is 6.69. The number of hydrogen-bond acceptors (Lipinski definition) is 4. The van der Waals surface area contributed by atoms with E-state index >= 15 is 0 Å². The van der Waals surface area contributed by atoms with Gasteiger partial charge < -0.3 is 15.5 Å². The lowest BCUT2D eigenvalue weighted by molar-refractivity contribution is 0.403. The Hall–Kier alpha value is -0.580. The molecular formula is C10H16ClNO2S. The van der Waals surface area contributed by atoms with Crippen molar-refractivity contribution in [3.05, 3.63) is 23.8 Å². The first kappa shape index (κ1) is 14.4. The van der Waals surface area contributed by atoms with Gasteiger partial charge in [0.15, 0.2) is 11.5 Å². The van der Waals surface area contributed by atoms with Crippen molar-refractivity contribution < 1.29 is 10.2 Å². The molecule has 1 unspecified atom stereocenters. The van der Waals surface area contributed by atoms with Crippen molar-refractivity contribution in [1.82, 2.24) is 5.32 Å². The van der Waals surface area contributed by atoms with E-state index in [0.717, 1.165) is 12.1 Å². The molecule has 0 bridgehead atoms. The quantitative estimate of drug-likeness (QED) is 0.716. The van der Waals surface area contributed by atoms with Crippen LogP contribution in [0.2, 0.25) is 0 Å². The minimum absolute atomic E-state index is 0. The van der Waals surface area contributed by atoms with E-state index in [-0.39, 0.29) is 23.9 Å². The van der Waals surface area contributed by atoms with Gasteiger partial charge >= 0.3 is 0 Å². The third-order valence-electron chi connectivity index (χ3n) is 2.05. The molecule has 1 rings (SSSR count). The Morgan fingerprint density at radius 2 is 2.00 bits per heavy atom. The van der Waals surface area contributed by atoms with E-state index in [4.69, 9.17) is 5.11 Å². The number of benzene rings is 1. The monoisotopic (exact) mass is 249 g/mol. The molecule has 0 aromatic heterocycles. The van der Waals surface area contributed by atoms with Crippen molar-refractivity contribution in [2.24, 2.45) is 0 Å². The van der Waals surface area contributed by atoms with Gasteiger partial charge in [0.25, 0.3) is 0 Å². The SMILES string of the molecule is CNCC(SC)c1ccc(O)c(O)c1.Cl. The van der Waals surface area contributed by atoms with Crippen molar-refractivity contribution in [3.8, 4) is 11.5 Å². The van der Waals surface area contributed by atoms with E-state index in [1.165, 1.54) is 6.07 Å². The first-order valence-electron chi connectivity index (χ1n) is 4.38. The number of phenolic OH excluding ortho intramolecular Hbond substituents is 2. The molecule has 0 aliphatic rings. The van der Waals surface area contributed by atoms with Crippen LogP contribution >= 0.6 is 24.2 Å². The number of likely N-dealkylation sites (N-methyl/N-ethyl adjacent to an activating group) is 1. The van der Waals surface area contributed by atoms with Gasteiger partial charge in [-0.1, -0.05) is 6.07 Å². The molecule has 3 N–H and O–H groups in total. The van der Waals surface area contributed by atoms with Crippen LogP contribution in [0.3, 0.4) is 0 Å². The standard InChI is InChI=1S/C10H15NO2S.ClH/c1-11-6-10(14-2)7-3-4-8(12)9(13)5-7;/h3-5,10-13H,6H2,1-2H3;1H. The van der Waals surface area contributed by atoms with Crippen LogP contribution in [0.5, 0.6) is 11.5 Å². The number of halogens is 1. The summed E-state index contributed by atoms with van der Waals surface area (Å²) in [5.74, 6) is -0.129. The molecular weight excluding hydrogens is 234 g/mol. The predicted molar refractivity (Wildman–Crippen MR) is 67.2 cm³/mol. The van der Waals surface area contributed by atoms with Crippen molar-refractivity contribution in [2.75, 3.05) is 19.8 Å². The van der Waals surface area contributed by atoms with Gasteiger partial charge in [-0.3, -0.25) is 0 Å². The average molecular weight is 250 g/mol. The van der Waals surface area contributed by atoms with Crippen LogP contribution in [0.15, 0.2) is 18.2 Å². The van der Waals surface area contributed by atoms with Crippen LogP contribution in [-0.2, 0) is 0 Å². The molecule has 1 aromatic carbocycles. The van der Waals surface area contributed by atoms with Crippen LogP contribution in [0.1, 0.15) is 10.8 Å². The molecule has 15 heavy (non-hydrogen) atoms. The minimum Gasteiger partial charge on any atom is -0.504 e. The molecule has 0 aliphatic carbocycles. The van der Waals surface area contributed by atoms with Crippen molar-refractivity contribution in [3.63, 3.8) is 0 Å². The van der Waals surface area contributed by atoms with Crippen molar-refractivity contribution >= 4 is 24.2 Å².